The van der Waals surface area contributed by atoms with Crippen LogP contribution < -0.4 is 10.1 Å². The van der Waals surface area contributed by atoms with Gasteiger partial charge in [0.1, 0.15) is 11.4 Å². The molecule has 152 valence electrons. The molecule has 4 aromatic rings. The number of aryl methyl sites for hydroxylation is 1. The zero-order valence-electron chi connectivity index (χ0n) is 16.4. The fourth-order valence-electron chi connectivity index (χ4n) is 2.97. The lowest BCUT2D eigenvalue weighted by atomic mass is 10.2. The summed E-state index contributed by atoms with van der Waals surface area (Å²) in [5.74, 6) is 0.781. The molecule has 0 unspecified atom stereocenters. The van der Waals surface area contributed by atoms with Gasteiger partial charge in [0.15, 0.2) is 11.5 Å². The monoisotopic (exact) mass is 468 g/mol. The number of tetrazole rings is 1. The second-order valence-electron chi connectivity index (χ2n) is 6.39. The van der Waals surface area contributed by atoms with Crippen molar-refractivity contribution in [2.45, 2.75) is 13.8 Å². The van der Waals surface area contributed by atoms with Crippen LogP contribution in [-0.4, -0.2) is 48.2 Å². The van der Waals surface area contributed by atoms with E-state index in [1.807, 2.05) is 24.3 Å². The first kappa shape index (κ1) is 19.7. The Kier molecular flexibility index (Phi) is 5.27. The van der Waals surface area contributed by atoms with Crippen molar-refractivity contribution in [1.29, 1.82) is 0 Å². The van der Waals surface area contributed by atoms with Crippen LogP contribution in [0.2, 0.25) is 0 Å². The highest BCUT2D eigenvalue weighted by molar-refractivity contribution is 9.10. The number of nitrogens with zero attached hydrogens (tertiary/aromatic N) is 7. The summed E-state index contributed by atoms with van der Waals surface area (Å²) in [6.07, 6.45) is 0. The zero-order chi connectivity index (χ0) is 21.3. The van der Waals surface area contributed by atoms with Crippen molar-refractivity contribution in [3.05, 3.63) is 64.1 Å². The summed E-state index contributed by atoms with van der Waals surface area (Å²) in [6.45, 7) is 3.56. The maximum atomic E-state index is 12.9. The fourth-order valence-corrected chi connectivity index (χ4v) is 3.36. The first-order valence-electron chi connectivity index (χ1n) is 8.91. The van der Waals surface area contributed by atoms with Crippen LogP contribution in [-0.2, 0) is 0 Å². The molecular formula is C19H17BrN8O2. The van der Waals surface area contributed by atoms with Gasteiger partial charge in [0.25, 0.3) is 5.91 Å². The Hall–Kier alpha value is -3.60. The first-order chi connectivity index (χ1) is 14.5. The van der Waals surface area contributed by atoms with Crippen molar-refractivity contribution in [2.75, 3.05) is 12.4 Å². The molecule has 0 spiro atoms. The molecule has 0 radical (unpaired) electrons. The number of methoxy groups -OCH3 is 1. The van der Waals surface area contributed by atoms with E-state index in [9.17, 15) is 4.79 Å². The third-order valence-electron chi connectivity index (χ3n) is 4.45. The molecule has 0 aliphatic carbocycles. The lowest BCUT2D eigenvalue weighted by molar-refractivity contribution is 0.102. The van der Waals surface area contributed by atoms with Crippen LogP contribution in [0.15, 0.2) is 46.9 Å². The number of hydrogen-bond donors (Lipinski definition) is 1. The molecule has 0 atom stereocenters. The lowest BCUT2D eigenvalue weighted by Crippen LogP contribution is -2.15. The zero-order valence-corrected chi connectivity index (χ0v) is 18.0. The Morgan fingerprint density at radius 1 is 1.07 bits per heavy atom. The minimum atomic E-state index is -0.377. The van der Waals surface area contributed by atoms with E-state index in [2.05, 4.69) is 47.1 Å². The number of aromatic nitrogens is 7. The number of amides is 1. The Bertz CT molecular complexity index is 1230. The van der Waals surface area contributed by atoms with Gasteiger partial charge in [-0.2, -0.15) is 4.68 Å². The van der Waals surface area contributed by atoms with E-state index in [4.69, 9.17) is 4.74 Å². The molecule has 30 heavy (non-hydrogen) atoms. The number of benzene rings is 2. The van der Waals surface area contributed by atoms with E-state index in [1.54, 1.807) is 43.8 Å². The number of nitrogens with one attached hydrogen (secondary N) is 1. The van der Waals surface area contributed by atoms with Gasteiger partial charge in [0.2, 0.25) is 0 Å². The SMILES string of the molecule is COc1ccc(NC(=O)c2nnn(-c3cccc(Br)c3)c2C)cc1-n1nnnc1C. The van der Waals surface area contributed by atoms with Crippen LogP contribution in [0.5, 0.6) is 5.75 Å². The number of halogens is 1. The Balaban J connectivity index is 1.63. The van der Waals surface area contributed by atoms with Crippen LogP contribution >= 0.6 is 15.9 Å². The third kappa shape index (κ3) is 3.66. The molecular weight excluding hydrogens is 452 g/mol. The highest BCUT2D eigenvalue weighted by atomic mass is 79.9. The van der Waals surface area contributed by atoms with Gasteiger partial charge in [0.05, 0.1) is 18.5 Å². The van der Waals surface area contributed by atoms with Gasteiger partial charge in [0, 0.05) is 10.2 Å². The number of ether oxygens (including phenoxy) is 1. The molecule has 4 rings (SSSR count). The van der Waals surface area contributed by atoms with Crippen LogP contribution in [0, 0.1) is 13.8 Å². The van der Waals surface area contributed by atoms with Gasteiger partial charge in [-0.1, -0.05) is 27.2 Å². The van der Waals surface area contributed by atoms with Gasteiger partial charge >= 0.3 is 0 Å². The molecule has 2 aromatic heterocycles. The van der Waals surface area contributed by atoms with Gasteiger partial charge in [-0.3, -0.25) is 4.79 Å². The number of anilines is 1. The van der Waals surface area contributed by atoms with Crippen molar-refractivity contribution in [1.82, 2.24) is 35.2 Å². The Morgan fingerprint density at radius 2 is 1.90 bits per heavy atom. The minimum Gasteiger partial charge on any atom is -0.494 e. The van der Waals surface area contributed by atoms with E-state index >= 15 is 0 Å². The summed E-state index contributed by atoms with van der Waals surface area (Å²) in [7, 11) is 1.56. The molecule has 1 amide bonds. The molecule has 2 aromatic carbocycles. The average molecular weight is 469 g/mol. The van der Waals surface area contributed by atoms with Gasteiger partial charge in [-0.15, -0.1) is 10.2 Å². The number of rotatable bonds is 5. The van der Waals surface area contributed by atoms with Crippen LogP contribution in [0.4, 0.5) is 5.69 Å². The Labute approximate surface area is 180 Å². The third-order valence-corrected chi connectivity index (χ3v) is 4.95. The van der Waals surface area contributed by atoms with E-state index < -0.39 is 0 Å². The van der Waals surface area contributed by atoms with Crippen LogP contribution in [0.25, 0.3) is 11.4 Å². The molecule has 0 saturated heterocycles. The minimum absolute atomic E-state index is 0.228. The molecule has 10 nitrogen and oxygen atoms in total. The first-order valence-corrected chi connectivity index (χ1v) is 9.70. The van der Waals surface area contributed by atoms with Crippen LogP contribution in [0.3, 0.4) is 0 Å². The van der Waals surface area contributed by atoms with Crippen molar-refractivity contribution < 1.29 is 9.53 Å². The molecule has 0 saturated carbocycles. The summed E-state index contributed by atoms with van der Waals surface area (Å²) in [5, 5.41) is 22.5. The Morgan fingerprint density at radius 3 is 2.60 bits per heavy atom. The summed E-state index contributed by atoms with van der Waals surface area (Å²) in [5.41, 5.74) is 2.80. The predicted octanol–water partition coefficient (Wildman–Crippen LogP) is 2.88. The van der Waals surface area contributed by atoms with E-state index in [0.29, 0.717) is 28.6 Å². The molecule has 1 N–H and O–H groups in total. The standard InChI is InChI=1S/C19H17BrN8O2/c1-11-18(23-25-27(11)15-6-4-5-13(20)9-15)19(29)21-14-7-8-17(30-3)16(10-14)28-12(2)22-24-26-28/h4-10H,1-3H3,(H,21,29). The molecule has 0 fully saturated rings. The van der Waals surface area contributed by atoms with Crippen LogP contribution in [0.1, 0.15) is 22.0 Å². The number of hydrogen-bond acceptors (Lipinski definition) is 7. The summed E-state index contributed by atoms with van der Waals surface area (Å²) in [6, 6.07) is 12.8. The van der Waals surface area contributed by atoms with Gasteiger partial charge in [-0.05, 0) is 60.7 Å². The maximum Gasteiger partial charge on any atom is 0.278 e. The van der Waals surface area contributed by atoms with Gasteiger partial charge in [-0.25, -0.2) is 4.68 Å². The molecule has 11 heteroatoms. The largest absolute Gasteiger partial charge is 0.494 e. The number of carbonyl (C=O) groups is 1. The van der Waals surface area contributed by atoms with Gasteiger partial charge < -0.3 is 10.1 Å². The smallest absolute Gasteiger partial charge is 0.278 e. The fraction of sp³-hybridized carbons (Fsp3) is 0.158. The van der Waals surface area contributed by atoms with Crippen molar-refractivity contribution in [3.63, 3.8) is 0 Å². The van der Waals surface area contributed by atoms with E-state index in [0.717, 1.165) is 10.2 Å². The second kappa shape index (κ2) is 8.03. The molecule has 2 heterocycles. The predicted molar refractivity (Wildman–Crippen MR) is 112 cm³/mol. The van der Waals surface area contributed by atoms with Crippen molar-refractivity contribution >= 4 is 27.5 Å². The van der Waals surface area contributed by atoms with Crippen molar-refractivity contribution in [2.24, 2.45) is 0 Å². The molecule has 0 aliphatic heterocycles. The maximum absolute atomic E-state index is 12.9. The highest BCUT2D eigenvalue weighted by Gasteiger charge is 2.19. The van der Waals surface area contributed by atoms with Crippen molar-refractivity contribution in [3.8, 4) is 17.1 Å². The highest BCUT2D eigenvalue weighted by Crippen LogP contribution is 2.27. The molecule has 0 bridgehead atoms. The van der Waals surface area contributed by atoms with E-state index in [-0.39, 0.29) is 11.6 Å². The normalized spacial score (nSPS) is 10.8. The summed E-state index contributed by atoms with van der Waals surface area (Å²) < 4.78 is 9.44. The second-order valence-corrected chi connectivity index (χ2v) is 7.31. The van der Waals surface area contributed by atoms with E-state index in [1.165, 1.54) is 4.68 Å². The topological polar surface area (TPSA) is 113 Å². The number of carbonyl (C=O) groups excluding carboxylic acids is 1. The molecule has 0 aliphatic rings. The quantitative estimate of drug-likeness (QED) is 0.478. The lowest BCUT2D eigenvalue weighted by Gasteiger charge is -2.11. The average Bonchev–Trinajstić information content (AvgIpc) is 3.33. The summed E-state index contributed by atoms with van der Waals surface area (Å²) >= 11 is 3.44. The summed E-state index contributed by atoms with van der Waals surface area (Å²) in [4.78, 5) is 12.9.